The Bertz CT molecular complexity index is 1020. The van der Waals surface area contributed by atoms with Crippen molar-refractivity contribution in [1.29, 1.82) is 0 Å². The molecule has 29 heavy (non-hydrogen) atoms. The fraction of sp³-hybridized carbons (Fsp3) is 0.238. The highest BCUT2D eigenvalue weighted by molar-refractivity contribution is 8.00. The molecule has 0 aliphatic rings. The van der Waals surface area contributed by atoms with Crippen molar-refractivity contribution in [2.45, 2.75) is 37.5 Å². The van der Waals surface area contributed by atoms with Gasteiger partial charge < -0.3 is 5.32 Å². The number of para-hydroxylation sites is 1. The zero-order chi connectivity index (χ0) is 21.0. The molecule has 0 aliphatic carbocycles. The van der Waals surface area contributed by atoms with Crippen molar-refractivity contribution in [3.05, 3.63) is 81.7 Å². The van der Waals surface area contributed by atoms with Gasteiger partial charge in [-0.3, -0.25) is 14.9 Å². The fourth-order valence-corrected chi connectivity index (χ4v) is 3.87. The smallest absolute Gasteiger partial charge is 0.269 e. The maximum absolute atomic E-state index is 12.5. The first-order valence-electron chi connectivity index (χ1n) is 9.16. The molecule has 0 saturated carbocycles. The van der Waals surface area contributed by atoms with Crippen LogP contribution in [0.1, 0.15) is 23.9 Å². The second-order valence-electron chi connectivity index (χ2n) is 6.63. The number of nitro groups is 1. The molecule has 3 rings (SSSR count). The lowest BCUT2D eigenvalue weighted by Gasteiger charge is -2.12. The number of hydrogen-bond donors (Lipinski definition) is 1. The molecule has 3 aromatic rings. The molecular formula is C21H22N4O3S. The molecule has 1 unspecified atom stereocenters. The van der Waals surface area contributed by atoms with Gasteiger partial charge in [-0.2, -0.15) is 5.10 Å². The van der Waals surface area contributed by atoms with E-state index >= 15 is 0 Å². The molecule has 1 amide bonds. The number of nitrogens with one attached hydrogen (secondary N) is 1. The summed E-state index contributed by atoms with van der Waals surface area (Å²) in [5, 5.41) is 18.0. The van der Waals surface area contributed by atoms with Crippen LogP contribution in [0.2, 0.25) is 0 Å². The number of aryl methyl sites for hydroxylation is 1. The summed E-state index contributed by atoms with van der Waals surface area (Å²) in [4.78, 5) is 23.6. The third-order valence-corrected chi connectivity index (χ3v) is 5.72. The molecule has 2 aromatic carbocycles. The predicted octanol–water partition coefficient (Wildman–Crippen LogP) is 4.19. The SMILES string of the molecule is Cc1nn(-c2ccccc2)c(C)c1CNC(=O)C(C)Sc1ccc([N+](=O)[O-])cc1. The number of aromatic nitrogens is 2. The van der Waals surface area contributed by atoms with Crippen molar-refractivity contribution in [3.63, 3.8) is 0 Å². The van der Waals surface area contributed by atoms with E-state index in [1.165, 1.54) is 23.9 Å². The average molecular weight is 410 g/mol. The highest BCUT2D eigenvalue weighted by Gasteiger charge is 2.18. The Hall–Kier alpha value is -3.13. The zero-order valence-electron chi connectivity index (χ0n) is 16.5. The van der Waals surface area contributed by atoms with Crippen LogP contribution in [0.4, 0.5) is 5.69 Å². The summed E-state index contributed by atoms with van der Waals surface area (Å²) in [6.45, 7) is 6.13. The molecule has 7 nitrogen and oxygen atoms in total. The first-order chi connectivity index (χ1) is 13.9. The minimum absolute atomic E-state index is 0.0350. The summed E-state index contributed by atoms with van der Waals surface area (Å²) in [5.41, 5.74) is 3.88. The van der Waals surface area contributed by atoms with Crippen molar-refractivity contribution in [2.24, 2.45) is 0 Å². The van der Waals surface area contributed by atoms with Gasteiger partial charge in [0.15, 0.2) is 0 Å². The summed E-state index contributed by atoms with van der Waals surface area (Å²) in [5.74, 6) is -0.0976. The van der Waals surface area contributed by atoms with Gasteiger partial charge in [-0.1, -0.05) is 18.2 Å². The molecule has 1 aromatic heterocycles. The van der Waals surface area contributed by atoms with E-state index in [1.807, 2.05) is 55.8 Å². The van der Waals surface area contributed by atoms with Gasteiger partial charge in [-0.05, 0) is 45.0 Å². The normalized spacial score (nSPS) is 11.8. The molecule has 0 saturated heterocycles. The quantitative estimate of drug-likeness (QED) is 0.358. The topological polar surface area (TPSA) is 90.1 Å². The first-order valence-corrected chi connectivity index (χ1v) is 10.0. The molecule has 0 radical (unpaired) electrons. The lowest BCUT2D eigenvalue weighted by molar-refractivity contribution is -0.384. The number of nitro benzene ring substituents is 1. The Morgan fingerprint density at radius 2 is 1.83 bits per heavy atom. The average Bonchev–Trinajstić information content (AvgIpc) is 3.00. The van der Waals surface area contributed by atoms with Crippen LogP contribution in [0.5, 0.6) is 0 Å². The zero-order valence-corrected chi connectivity index (χ0v) is 17.3. The van der Waals surface area contributed by atoms with Gasteiger partial charge >= 0.3 is 0 Å². The van der Waals surface area contributed by atoms with Crippen molar-refractivity contribution in [1.82, 2.24) is 15.1 Å². The van der Waals surface area contributed by atoms with Crippen LogP contribution in [-0.2, 0) is 11.3 Å². The number of rotatable bonds is 7. The van der Waals surface area contributed by atoms with E-state index in [4.69, 9.17) is 0 Å². The van der Waals surface area contributed by atoms with E-state index in [9.17, 15) is 14.9 Å². The van der Waals surface area contributed by atoms with Crippen LogP contribution in [0.3, 0.4) is 0 Å². The Kier molecular flexibility index (Phi) is 6.33. The summed E-state index contributed by atoms with van der Waals surface area (Å²) in [7, 11) is 0. The van der Waals surface area contributed by atoms with Crippen molar-refractivity contribution in [3.8, 4) is 5.69 Å². The molecule has 1 heterocycles. The number of hydrogen-bond acceptors (Lipinski definition) is 5. The molecule has 0 bridgehead atoms. The molecule has 0 fully saturated rings. The summed E-state index contributed by atoms with van der Waals surface area (Å²) in [6, 6.07) is 16.1. The molecule has 8 heteroatoms. The van der Waals surface area contributed by atoms with Gasteiger partial charge in [-0.25, -0.2) is 4.68 Å². The number of benzene rings is 2. The van der Waals surface area contributed by atoms with Gasteiger partial charge in [0.2, 0.25) is 5.91 Å². The van der Waals surface area contributed by atoms with Crippen LogP contribution < -0.4 is 5.32 Å². The van der Waals surface area contributed by atoms with E-state index in [2.05, 4.69) is 10.4 Å². The van der Waals surface area contributed by atoms with Crippen LogP contribution >= 0.6 is 11.8 Å². The molecule has 0 spiro atoms. The maximum Gasteiger partial charge on any atom is 0.269 e. The van der Waals surface area contributed by atoms with Crippen LogP contribution in [0.25, 0.3) is 5.69 Å². The lowest BCUT2D eigenvalue weighted by atomic mass is 10.2. The minimum Gasteiger partial charge on any atom is -0.351 e. The fourth-order valence-electron chi connectivity index (χ4n) is 2.97. The van der Waals surface area contributed by atoms with Crippen LogP contribution in [-0.4, -0.2) is 25.9 Å². The maximum atomic E-state index is 12.5. The standard InChI is InChI=1S/C21H22N4O3S/c1-14-20(15(2)24(23-14)17-7-5-4-6-8-17)13-22-21(26)16(3)29-19-11-9-18(10-12-19)25(27)28/h4-12,16H,13H2,1-3H3,(H,22,26). The van der Waals surface area contributed by atoms with E-state index in [-0.39, 0.29) is 16.8 Å². The predicted molar refractivity (Wildman–Crippen MR) is 113 cm³/mol. The number of amides is 1. The number of carbonyl (C=O) groups excluding carboxylic acids is 1. The summed E-state index contributed by atoms with van der Waals surface area (Å²) >= 11 is 1.36. The number of thioether (sulfide) groups is 1. The van der Waals surface area contributed by atoms with Gasteiger partial charge in [0, 0.05) is 34.8 Å². The van der Waals surface area contributed by atoms with Crippen LogP contribution in [0.15, 0.2) is 59.5 Å². The number of carbonyl (C=O) groups is 1. The number of non-ortho nitro benzene ring substituents is 1. The molecule has 1 atom stereocenters. The molecular weight excluding hydrogens is 388 g/mol. The Morgan fingerprint density at radius 1 is 1.17 bits per heavy atom. The second-order valence-corrected chi connectivity index (χ2v) is 8.04. The monoisotopic (exact) mass is 410 g/mol. The van der Waals surface area contributed by atoms with Gasteiger partial charge in [0.05, 0.1) is 21.6 Å². The van der Waals surface area contributed by atoms with E-state index < -0.39 is 4.92 Å². The number of nitrogens with zero attached hydrogens (tertiary/aromatic N) is 3. The van der Waals surface area contributed by atoms with Crippen molar-refractivity contribution < 1.29 is 9.72 Å². The Labute approximate surface area is 173 Å². The van der Waals surface area contributed by atoms with Gasteiger partial charge in [0.1, 0.15) is 0 Å². The van der Waals surface area contributed by atoms with Crippen molar-refractivity contribution in [2.75, 3.05) is 0 Å². The summed E-state index contributed by atoms with van der Waals surface area (Å²) in [6.07, 6.45) is 0. The Balaban J connectivity index is 1.63. The minimum atomic E-state index is -0.440. The lowest BCUT2D eigenvalue weighted by Crippen LogP contribution is -2.30. The van der Waals surface area contributed by atoms with E-state index in [1.54, 1.807) is 12.1 Å². The molecule has 0 aliphatic heterocycles. The van der Waals surface area contributed by atoms with E-state index in [0.717, 1.165) is 27.5 Å². The van der Waals surface area contributed by atoms with Gasteiger partial charge in [0.25, 0.3) is 5.69 Å². The second kappa shape index (κ2) is 8.91. The third-order valence-electron chi connectivity index (χ3n) is 4.61. The third kappa shape index (κ3) is 4.83. The van der Waals surface area contributed by atoms with E-state index in [0.29, 0.717) is 6.54 Å². The van der Waals surface area contributed by atoms with Crippen LogP contribution in [0, 0.1) is 24.0 Å². The largest absolute Gasteiger partial charge is 0.351 e. The molecule has 1 N–H and O–H groups in total. The first kappa shape index (κ1) is 20.6. The summed E-state index contributed by atoms with van der Waals surface area (Å²) < 4.78 is 1.88. The van der Waals surface area contributed by atoms with Crippen molar-refractivity contribution >= 4 is 23.4 Å². The van der Waals surface area contributed by atoms with Gasteiger partial charge in [-0.15, -0.1) is 11.8 Å². The highest BCUT2D eigenvalue weighted by Crippen LogP contribution is 2.25. The highest BCUT2D eigenvalue weighted by atomic mass is 32.2. The Morgan fingerprint density at radius 3 is 2.45 bits per heavy atom. The molecule has 150 valence electrons.